The summed E-state index contributed by atoms with van der Waals surface area (Å²) in [7, 11) is 0. The number of hydrogen-bond acceptors (Lipinski definition) is 4. The van der Waals surface area contributed by atoms with Crippen LogP contribution in [-0.4, -0.2) is 25.4 Å². The summed E-state index contributed by atoms with van der Waals surface area (Å²) in [5.41, 5.74) is 3.69. The van der Waals surface area contributed by atoms with Crippen molar-refractivity contribution in [2.45, 2.75) is 31.4 Å². The van der Waals surface area contributed by atoms with Gasteiger partial charge >= 0.3 is 0 Å². The summed E-state index contributed by atoms with van der Waals surface area (Å²) < 4.78 is 11.5. The third kappa shape index (κ3) is 3.27. The first-order chi connectivity index (χ1) is 9.22. The average Bonchev–Trinajstić information content (AvgIpc) is 2.43. The van der Waals surface area contributed by atoms with Gasteiger partial charge in [0.25, 0.3) is 0 Å². The maximum absolute atomic E-state index is 6.05. The van der Waals surface area contributed by atoms with Crippen LogP contribution >= 0.6 is 11.6 Å². The van der Waals surface area contributed by atoms with Crippen molar-refractivity contribution in [1.82, 2.24) is 5.43 Å². The Balaban J connectivity index is 2.28. The number of halogens is 1. The number of ether oxygens (including phenoxy) is 2. The third-order valence-electron chi connectivity index (χ3n) is 3.67. The predicted octanol–water partition coefficient (Wildman–Crippen LogP) is 2.43. The SMILES string of the molecule is CCOC1(C(NN)c2ccc(Cl)cc2)CCOCC1. The number of hydrogen-bond donors (Lipinski definition) is 2. The normalized spacial score (nSPS) is 20.2. The Morgan fingerprint density at radius 2 is 2.00 bits per heavy atom. The maximum atomic E-state index is 6.05. The summed E-state index contributed by atoms with van der Waals surface area (Å²) in [4.78, 5) is 0. The van der Waals surface area contributed by atoms with Crippen LogP contribution < -0.4 is 11.3 Å². The minimum atomic E-state index is -0.310. The Kier molecular flexibility index (Phi) is 5.19. The smallest absolute Gasteiger partial charge is 0.0932 e. The molecule has 106 valence electrons. The molecular weight excluding hydrogens is 264 g/mol. The lowest BCUT2D eigenvalue weighted by Gasteiger charge is -2.43. The van der Waals surface area contributed by atoms with E-state index in [0.29, 0.717) is 19.8 Å². The zero-order chi connectivity index (χ0) is 13.7. The molecule has 2 rings (SSSR count). The Bertz CT molecular complexity index is 385. The summed E-state index contributed by atoms with van der Waals surface area (Å²) in [6.45, 7) is 4.07. The predicted molar refractivity (Wildman–Crippen MR) is 75.9 cm³/mol. The van der Waals surface area contributed by atoms with E-state index in [4.69, 9.17) is 26.9 Å². The molecule has 19 heavy (non-hydrogen) atoms. The highest BCUT2D eigenvalue weighted by molar-refractivity contribution is 6.30. The van der Waals surface area contributed by atoms with Crippen LogP contribution in [0.5, 0.6) is 0 Å². The zero-order valence-electron chi connectivity index (χ0n) is 11.2. The first-order valence-corrected chi connectivity index (χ1v) is 7.03. The van der Waals surface area contributed by atoms with E-state index in [2.05, 4.69) is 5.43 Å². The van der Waals surface area contributed by atoms with Crippen LogP contribution in [0.3, 0.4) is 0 Å². The molecule has 0 aromatic heterocycles. The van der Waals surface area contributed by atoms with Gasteiger partial charge in [-0.25, -0.2) is 0 Å². The monoisotopic (exact) mass is 284 g/mol. The highest BCUT2D eigenvalue weighted by atomic mass is 35.5. The highest BCUT2D eigenvalue weighted by Crippen LogP contribution is 2.37. The fourth-order valence-electron chi connectivity index (χ4n) is 2.73. The molecule has 3 N–H and O–H groups in total. The van der Waals surface area contributed by atoms with Crippen LogP contribution in [0.15, 0.2) is 24.3 Å². The van der Waals surface area contributed by atoms with Crippen LogP contribution in [0.1, 0.15) is 31.4 Å². The first-order valence-electron chi connectivity index (χ1n) is 6.65. The number of rotatable bonds is 5. The Hall–Kier alpha value is -0.650. The van der Waals surface area contributed by atoms with Crippen molar-refractivity contribution in [3.05, 3.63) is 34.9 Å². The summed E-state index contributed by atoms with van der Waals surface area (Å²) in [5.74, 6) is 5.79. The van der Waals surface area contributed by atoms with E-state index in [0.717, 1.165) is 23.4 Å². The molecule has 1 heterocycles. The van der Waals surface area contributed by atoms with Crippen molar-refractivity contribution >= 4 is 11.6 Å². The molecule has 4 nitrogen and oxygen atoms in total. The van der Waals surface area contributed by atoms with Gasteiger partial charge in [0.15, 0.2) is 0 Å². The van der Waals surface area contributed by atoms with Crippen molar-refractivity contribution in [2.75, 3.05) is 19.8 Å². The fourth-order valence-corrected chi connectivity index (χ4v) is 2.85. The van der Waals surface area contributed by atoms with E-state index in [1.165, 1.54) is 0 Å². The van der Waals surface area contributed by atoms with E-state index in [1.807, 2.05) is 31.2 Å². The van der Waals surface area contributed by atoms with Gasteiger partial charge in [-0.15, -0.1) is 0 Å². The summed E-state index contributed by atoms with van der Waals surface area (Å²) in [5, 5.41) is 0.719. The summed E-state index contributed by atoms with van der Waals surface area (Å²) in [6.07, 6.45) is 1.66. The topological polar surface area (TPSA) is 56.5 Å². The van der Waals surface area contributed by atoms with Gasteiger partial charge in [0, 0.05) is 37.7 Å². The average molecular weight is 285 g/mol. The molecule has 1 fully saturated rings. The standard InChI is InChI=1S/C14H21ClN2O2/c1-2-19-14(7-9-18-10-8-14)13(17-16)11-3-5-12(15)6-4-11/h3-6,13,17H,2,7-10,16H2,1H3. The van der Waals surface area contributed by atoms with Crippen molar-refractivity contribution < 1.29 is 9.47 Å². The van der Waals surface area contributed by atoms with Crippen LogP contribution in [0.2, 0.25) is 5.02 Å². The first kappa shape index (κ1) is 14.8. The second-order valence-electron chi connectivity index (χ2n) is 4.76. The highest BCUT2D eigenvalue weighted by Gasteiger charge is 2.41. The number of hydrazine groups is 1. The van der Waals surface area contributed by atoms with E-state index < -0.39 is 0 Å². The van der Waals surface area contributed by atoms with Crippen LogP contribution in [0, 0.1) is 0 Å². The maximum Gasteiger partial charge on any atom is 0.0932 e. The molecule has 0 amide bonds. The molecule has 1 aliphatic heterocycles. The van der Waals surface area contributed by atoms with Crippen molar-refractivity contribution in [2.24, 2.45) is 5.84 Å². The van der Waals surface area contributed by atoms with Crippen molar-refractivity contribution in [1.29, 1.82) is 0 Å². The largest absolute Gasteiger partial charge is 0.381 e. The van der Waals surface area contributed by atoms with Crippen LogP contribution in [-0.2, 0) is 9.47 Å². The van der Waals surface area contributed by atoms with Gasteiger partial charge < -0.3 is 9.47 Å². The van der Waals surface area contributed by atoms with Gasteiger partial charge in [-0.3, -0.25) is 11.3 Å². The Morgan fingerprint density at radius 1 is 1.37 bits per heavy atom. The summed E-state index contributed by atoms with van der Waals surface area (Å²) >= 11 is 5.94. The van der Waals surface area contributed by atoms with E-state index in [-0.39, 0.29) is 11.6 Å². The van der Waals surface area contributed by atoms with Gasteiger partial charge in [-0.1, -0.05) is 23.7 Å². The van der Waals surface area contributed by atoms with Gasteiger partial charge in [0.05, 0.1) is 11.6 Å². The molecule has 0 bridgehead atoms. The Labute approximate surface area is 119 Å². The van der Waals surface area contributed by atoms with Crippen LogP contribution in [0.4, 0.5) is 0 Å². The van der Waals surface area contributed by atoms with E-state index in [1.54, 1.807) is 0 Å². The molecule has 1 aromatic rings. The Morgan fingerprint density at radius 3 is 2.53 bits per heavy atom. The molecule has 1 saturated heterocycles. The van der Waals surface area contributed by atoms with Crippen molar-refractivity contribution in [3.63, 3.8) is 0 Å². The van der Waals surface area contributed by atoms with E-state index >= 15 is 0 Å². The van der Waals surface area contributed by atoms with Gasteiger partial charge in [0.2, 0.25) is 0 Å². The molecule has 0 radical (unpaired) electrons. The van der Waals surface area contributed by atoms with Crippen LogP contribution in [0.25, 0.3) is 0 Å². The lowest BCUT2D eigenvalue weighted by molar-refractivity contribution is -0.128. The second-order valence-corrected chi connectivity index (χ2v) is 5.20. The molecule has 5 heteroatoms. The molecule has 0 spiro atoms. The minimum Gasteiger partial charge on any atom is -0.381 e. The molecular formula is C14H21ClN2O2. The molecule has 1 atom stereocenters. The number of nitrogens with two attached hydrogens (primary N) is 1. The number of benzene rings is 1. The van der Waals surface area contributed by atoms with Gasteiger partial charge in [0.1, 0.15) is 0 Å². The second kappa shape index (κ2) is 6.68. The lowest BCUT2D eigenvalue weighted by atomic mass is 9.82. The lowest BCUT2D eigenvalue weighted by Crippen LogP contribution is -2.51. The summed E-state index contributed by atoms with van der Waals surface area (Å²) in [6, 6.07) is 7.67. The van der Waals surface area contributed by atoms with E-state index in [9.17, 15) is 0 Å². The molecule has 1 unspecified atom stereocenters. The number of nitrogens with one attached hydrogen (secondary N) is 1. The van der Waals surface area contributed by atoms with Gasteiger partial charge in [-0.05, 0) is 24.6 Å². The fraction of sp³-hybridized carbons (Fsp3) is 0.571. The molecule has 0 saturated carbocycles. The van der Waals surface area contributed by atoms with Crippen molar-refractivity contribution in [3.8, 4) is 0 Å². The molecule has 1 aliphatic rings. The zero-order valence-corrected chi connectivity index (χ0v) is 12.0. The van der Waals surface area contributed by atoms with Gasteiger partial charge in [-0.2, -0.15) is 0 Å². The third-order valence-corrected chi connectivity index (χ3v) is 3.92. The minimum absolute atomic E-state index is 0.0615. The molecule has 1 aromatic carbocycles. The quantitative estimate of drug-likeness (QED) is 0.644. The molecule has 0 aliphatic carbocycles.